The van der Waals surface area contributed by atoms with Gasteiger partial charge in [-0.1, -0.05) is 34.1 Å². The largest absolute Gasteiger partial charge is 0.0625 e. The van der Waals surface area contributed by atoms with E-state index in [4.69, 9.17) is 0 Å². The first-order valence-electron chi connectivity index (χ1n) is 12.5. The molecule has 0 radical (unpaired) electrons. The second kappa shape index (κ2) is 6.52. The highest BCUT2D eigenvalue weighted by atomic mass is 14.6. The third kappa shape index (κ3) is 2.67. The van der Waals surface area contributed by atoms with Crippen LogP contribution in [0.3, 0.4) is 0 Å². The molecule has 0 unspecified atom stereocenters. The average molecular weight is 357 g/mol. The molecule has 0 saturated heterocycles. The monoisotopic (exact) mass is 356 g/mol. The Morgan fingerprint density at radius 1 is 0.577 bits per heavy atom. The predicted molar refractivity (Wildman–Crippen MR) is 111 cm³/mol. The summed E-state index contributed by atoms with van der Waals surface area (Å²) in [7, 11) is 0. The molecule has 0 nitrogen and oxygen atoms in total. The molecule has 0 aromatic carbocycles. The average Bonchev–Trinajstić information content (AvgIpc) is 3.05. The van der Waals surface area contributed by atoms with Crippen molar-refractivity contribution in [3.8, 4) is 0 Å². The standard InChI is InChI=1S/C26H44/c1-16(2)17-7-8-19-18(17)9-10-21-20(19)11-12-23-22(21)13-14-25-24(23)6-5-15-26(25,3)4/h16-25H,5-15H2,1-4H3/t17-,18-,19+,20-,21-,22+,23+,24-,25-/m1/s1. The molecule has 5 aliphatic carbocycles. The lowest BCUT2D eigenvalue weighted by Gasteiger charge is -2.59. The van der Waals surface area contributed by atoms with Gasteiger partial charge in [0.1, 0.15) is 0 Å². The third-order valence-electron chi connectivity index (χ3n) is 10.9. The van der Waals surface area contributed by atoms with Gasteiger partial charge in [0, 0.05) is 0 Å². The van der Waals surface area contributed by atoms with Crippen molar-refractivity contribution in [1.29, 1.82) is 0 Å². The minimum atomic E-state index is 0.637. The Kier molecular flexibility index (Phi) is 4.53. The van der Waals surface area contributed by atoms with E-state index in [0.717, 1.165) is 59.2 Å². The molecule has 5 aliphatic rings. The van der Waals surface area contributed by atoms with Crippen molar-refractivity contribution >= 4 is 0 Å². The Balaban J connectivity index is 1.35. The summed E-state index contributed by atoms with van der Waals surface area (Å²) in [6.45, 7) is 10.2. The van der Waals surface area contributed by atoms with E-state index in [9.17, 15) is 0 Å². The minimum Gasteiger partial charge on any atom is -0.0625 e. The molecule has 0 heterocycles. The van der Waals surface area contributed by atoms with Gasteiger partial charge in [0.25, 0.3) is 0 Å². The quantitative estimate of drug-likeness (QED) is 0.454. The molecule has 0 aliphatic heterocycles. The molecule has 0 N–H and O–H groups in total. The van der Waals surface area contributed by atoms with E-state index in [1.54, 1.807) is 57.8 Å². The molecule has 148 valence electrons. The van der Waals surface area contributed by atoms with Gasteiger partial charge >= 0.3 is 0 Å². The Labute approximate surface area is 163 Å². The maximum Gasteiger partial charge on any atom is -0.0323 e. The summed E-state index contributed by atoms with van der Waals surface area (Å²) in [4.78, 5) is 0. The maximum absolute atomic E-state index is 2.60. The highest BCUT2D eigenvalue weighted by Gasteiger charge is 2.55. The van der Waals surface area contributed by atoms with Gasteiger partial charge in [-0.05, 0) is 129 Å². The van der Waals surface area contributed by atoms with E-state index >= 15 is 0 Å². The van der Waals surface area contributed by atoms with Crippen molar-refractivity contribution in [1.82, 2.24) is 0 Å². The van der Waals surface area contributed by atoms with Crippen LogP contribution in [0.15, 0.2) is 0 Å². The van der Waals surface area contributed by atoms with E-state index in [2.05, 4.69) is 27.7 Å². The van der Waals surface area contributed by atoms with E-state index in [-0.39, 0.29) is 0 Å². The van der Waals surface area contributed by atoms with Gasteiger partial charge in [-0.25, -0.2) is 0 Å². The molecule has 0 amide bonds. The van der Waals surface area contributed by atoms with Crippen LogP contribution < -0.4 is 0 Å². The van der Waals surface area contributed by atoms with Crippen LogP contribution in [-0.4, -0.2) is 0 Å². The summed E-state index contributed by atoms with van der Waals surface area (Å²) in [5.41, 5.74) is 0.637. The fourth-order valence-corrected chi connectivity index (χ4v) is 9.92. The first-order valence-corrected chi connectivity index (χ1v) is 12.5. The zero-order valence-electron chi connectivity index (χ0n) is 18.1. The van der Waals surface area contributed by atoms with Gasteiger partial charge in [0.05, 0.1) is 0 Å². The topological polar surface area (TPSA) is 0 Å². The van der Waals surface area contributed by atoms with Crippen LogP contribution in [0.25, 0.3) is 0 Å². The summed E-state index contributed by atoms with van der Waals surface area (Å²) in [6, 6.07) is 0. The molecule has 26 heavy (non-hydrogen) atoms. The van der Waals surface area contributed by atoms with Gasteiger partial charge < -0.3 is 0 Å². The number of hydrogen-bond donors (Lipinski definition) is 0. The first kappa shape index (κ1) is 18.1. The van der Waals surface area contributed by atoms with Gasteiger partial charge in [-0.15, -0.1) is 0 Å². The number of fused-ring (bicyclic) bond motifs is 7. The molecule has 0 spiro atoms. The summed E-state index contributed by atoms with van der Waals surface area (Å²) >= 11 is 0. The van der Waals surface area contributed by atoms with Crippen LogP contribution in [0.4, 0.5) is 0 Å². The lowest BCUT2D eigenvalue weighted by Crippen LogP contribution is -2.51. The molecular weight excluding hydrogens is 312 g/mol. The van der Waals surface area contributed by atoms with E-state index in [0.29, 0.717) is 5.41 Å². The number of hydrogen-bond acceptors (Lipinski definition) is 0. The lowest BCUT2D eigenvalue weighted by atomic mass is 9.46. The Hall–Kier alpha value is 0. The van der Waals surface area contributed by atoms with Crippen LogP contribution in [0, 0.1) is 64.6 Å². The molecule has 5 rings (SSSR count). The van der Waals surface area contributed by atoms with Gasteiger partial charge in [-0.3, -0.25) is 0 Å². The Bertz CT molecular complexity index is 516. The zero-order valence-corrected chi connectivity index (χ0v) is 18.1. The fourth-order valence-electron chi connectivity index (χ4n) is 9.92. The summed E-state index contributed by atoms with van der Waals surface area (Å²) in [6.07, 6.45) is 17.3. The minimum absolute atomic E-state index is 0.637. The van der Waals surface area contributed by atoms with Gasteiger partial charge in [0.2, 0.25) is 0 Å². The van der Waals surface area contributed by atoms with Crippen LogP contribution in [0.2, 0.25) is 0 Å². The number of rotatable bonds is 1. The van der Waals surface area contributed by atoms with Crippen LogP contribution in [0.5, 0.6) is 0 Å². The van der Waals surface area contributed by atoms with Crippen LogP contribution in [-0.2, 0) is 0 Å². The molecule has 0 aromatic rings. The third-order valence-corrected chi connectivity index (χ3v) is 10.9. The van der Waals surface area contributed by atoms with E-state index < -0.39 is 0 Å². The molecule has 5 fully saturated rings. The summed E-state index contributed by atoms with van der Waals surface area (Å²) in [5.74, 6) is 10.9. The second-order valence-corrected chi connectivity index (χ2v) is 12.4. The van der Waals surface area contributed by atoms with E-state index in [1.165, 1.54) is 12.8 Å². The Morgan fingerprint density at radius 3 is 1.73 bits per heavy atom. The van der Waals surface area contributed by atoms with Crippen molar-refractivity contribution < 1.29 is 0 Å². The molecular formula is C26H44. The maximum atomic E-state index is 2.60. The van der Waals surface area contributed by atoms with Crippen LogP contribution >= 0.6 is 0 Å². The van der Waals surface area contributed by atoms with Gasteiger partial charge in [0.15, 0.2) is 0 Å². The molecule has 5 saturated carbocycles. The summed E-state index contributed by atoms with van der Waals surface area (Å²) < 4.78 is 0. The Morgan fingerprint density at radius 2 is 1.08 bits per heavy atom. The first-order chi connectivity index (χ1) is 12.5. The van der Waals surface area contributed by atoms with Crippen molar-refractivity contribution in [2.75, 3.05) is 0 Å². The fraction of sp³-hybridized carbons (Fsp3) is 1.00. The SMILES string of the molecule is CC(C)[C@H]1CC[C@@H]2[C@H]3CC[C@H]4[C@@H](CC[C@@H]5[C@@H]4CCCC5(C)C)[C@@H]3CC[C@@H]21. The summed E-state index contributed by atoms with van der Waals surface area (Å²) in [5, 5.41) is 0. The van der Waals surface area contributed by atoms with Crippen molar-refractivity contribution in [3.05, 3.63) is 0 Å². The zero-order chi connectivity index (χ0) is 18.1. The highest BCUT2D eigenvalue weighted by molar-refractivity contribution is 5.05. The lowest BCUT2D eigenvalue weighted by molar-refractivity contribution is -0.0967. The smallest absolute Gasteiger partial charge is 0.0323 e. The van der Waals surface area contributed by atoms with Gasteiger partial charge in [-0.2, -0.15) is 0 Å². The van der Waals surface area contributed by atoms with Crippen molar-refractivity contribution in [2.45, 2.75) is 98.3 Å². The van der Waals surface area contributed by atoms with Crippen LogP contribution in [0.1, 0.15) is 98.3 Å². The van der Waals surface area contributed by atoms with Crippen molar-refractivity contribution in [3.63, 3.8) is 0 Å². The molecule has 0 aromatic heterocycles. The second-order valence-electron chi connectivity index (χ2n) is 12.4. The normalized spacial score (nSPS) is 52.7. The molecule has 0 bridgehead atoms. The predicted octanol–water partition coefficient (Wildman–Crippen LogP) is 7.57. The van der Waals surface area contributed by atoms with Crippen molar-refractivity contribution in [2.24, 2.45) is 64.6 Å². The highest BCUT2D eigenvalue weighted by Crippen LogP contribution is 2.64. The van der Waals surface area contributed by atoms with E-state index in [1.807, 2.05) is 0 Å². The molecule has 9 atom stereocenters. The molecule has 0 heteroatoms.